The Kier molecular flexibility index (Phi) is 3.98. The van der Waals surface area contributed by atoms with Crippen LogP contribution in [0.1, 0.15) is 0 Å². The first kappa shape index (κ1) is 18.2. The minimum Gasteiger partial charge on any atom is -0.456 e. The predicted molar refractivity (Wildman–Crippen MR) is 127 cm³/mol. The van der Waals surface area contributed by atoms with E-state index in [1.165, 1.54) is 0 Å². The van der Waals surface area contributed by atoms with Crippen molar-refractivity contribution in [2.45, 2.75) is 0 Å². The van der Waals surface area contributed by atoms with Crippen molar-refractivity contribution in [1.82, 2.24) is 4.98 Å². The maximum atomic E-state index is 6.34. The van der Waals surface area contributed by atoms with Crippen LogP contribution in [0.15, 0.2) is 98.8 Å². The van der Waals surface area contributed by atoms with Gasteiger partial charge in [0.15, 0.2) is 5.58 Å². The van der Waals surface area contributed by atoms with Crippen molar-refractivity contribution in [2.24, 2.45) is 4.99 Å². The van der Waals surface area contributed by atoms with Crippen molar-refractivity contribution in [3.05, 3.63) is 90.3 Å². The summed E-state index contributed by atoms with van der Waals surface area (Å²) in [5.41, 5.74) is 16.0. The molecule has 0 aliphatic rings. The van der Waals surface area contributed by atoms with Gasteiger partial charge in [-0.25, -0.2) is 4.99 Å². The molecule has 4 aromatic carbocycles. The van der Waals surface area contributed by atoms with Gasteiger partial charge in [0.05, 0.1) is 11.0 Å². The summed E-state index contributed by atoms with van der Waals surface area (Å²) in [4.78, 5) is 9.06. The van der Waals surface area contributed by atoms with Gasteiger partial charge in [0.2, 0.25) is 0 Å². The highest BCUT2D eigenvalue weighted by Gasteiger charge is 2.11. The summed E-state index contributed by atoms with van der Waals surface area (Å²) in [5, 5.41) is 3.91. The summed E-state index contributed by atoms with van der Waals surface area (Å²) in [6, 6.07) is 27.6. The van der Waals surface area contributed by atoms with Gasteiger partial charge in [-0.2, -0.15) is 4.98 Å². The van der Waals surface area contributed by atoms with E-state index >= 15 is 0 Å². The molecule has 0 aliphatic heterocycles. The molecule has 0 saturated heterocycles. The van der Waals surface area contributed by atoms with Crippen molar-refractivity contribution in [1.29, 1.82) is 0 Å². The topological polar surface area (TPSA) is 104 Å². The maximum Gasteiger partial charge on any atom is 0.292 e. The highest BCUT2D eigenvalue weighted by Crippen LogP contribution is 2.29. The molecule has 32 heavy (non-hydrogen) atoms. The molecule has 2 heterocycles. The number of rotatable bonds is 2. The van der Waals surface area contributed by atoms with E-state index in [1.807, 2.05) is 66.7 Å². The van der Waals surface area contributed by atoms with Gasteiger partial charge in [-0.1, -0.05) is 30.3 Å². The van der Waals surface area contributed by atoms with E-state index in [9.17, 15) is 0 Å². The third-order valence-electron chi connectivity index (χ3n) is 5.42. The molecule has 0 spiro atoms. The minimum absolute atomic E-state index is 0.136. The molecule has 0 saturated carbocycles. The Morgan fingerprint density at radius 2 is 1.56 bits per heavy atom. The van der Waals surface area contributed by atoms with Crippen LogP contribution in [0.2, 0.25) is 0 Å². The zero-order valence-electron chi connectivity index (χ0n) is 16.9. The highest BCUT2D eigenvalue weighted by molar-refractivity contribution is 5.96. The quantitative estimate of drug-likeness (QED) is 0.274. The van der Waals surface area contributed by atoms with Gasteiger partial charge in [0.1, 0.15) is 16.9 Å². The van der Waals surface area contributed by atoms with Crippen molar-refractivity contribution in [3.63, 3.8) is 0 Å². The van der Waals surface area contributed by atoms with Gasteiger partial charge >= 0.3 is 0 Å². The lowest BCUT2D eigenvalue weighted by molar-refractivity contribution is 0.615. The second-order valence-electron chi connectivity index (χ2n) is 7.63. The number of oxazole rings is 1. The summed E-state index contributed by atoms with van der Waals surface area (Å²) in [6.45, 7) is 0. The van der Waals surface area contributed by atoms with Gasteiger partial charge < -0.3 is 20.3 Å². The zero-order chi connectivity index (χ0) is 21.7. The maximum absolute atomic E-state index is 6.34. The van der Waals surface area contributed by atoms with Crippen molar-refractivity contribution < 1.29 is 8.83 Å². The molecule has 0 atom stereocenters. The van der Waals surface area contributed by atoms with E-state index in [0.29, 0.717) is 22.5 Å². The van der Waals surface area contributed by atoms with Crippen molar-refractivity contribution in [2.75, 3.05) is 11.5 Å². The summed E-state index contributed by atoms with van der Waals surface area (Å²) < 4.78 is 11.8. The molecule has 6 rings (SSSR count). The Morgan fingerprint density at radius 3 is 2.41 bits per heavy atom. The van der Waals surface area contributed by atoms with Crippen molar-refractivity contribution >= 4 is 50.2 Å². The van der Waals surface area contributed by atoms with Crippen LogP contribution in [0.5, 0.6) is 0 Å². The van der Waals surface area contributed by atoms with Crippen LogP contribution in [0.3, 0.4) is 0 Å². The minimum atomic E-state index is 0.136. The van der Waals surface area contributed by atoms with E-state index in [2.05, 4.69) is 23.2 Å². The summed E-state index contributed by atoms with van der Waals surface area (Å²) in [7, 11) is 0. The molecule has 0 aliphatic carbocycles. The molecule has 6 heteroatoms. The summed E-state index contributed by atoms with van der Waals surface area (Å²) in [5.74, 6) is 0.660. The van der Waals surface area contributed by atoms with Gasteiger partial charge in [0.25, 0.3) is 6.01 Å². The Balaban J connectivity index is 1.66. The Labute approximate surface area is 182 Å². The molecule has 6 nitrogen and oxygen atoms in total. The molecule has 4 N–H and O–H groups in total. The van der Waals surface area contributed by atoms with Crippen LogP contribution in [-0.2, 0) is 0 Å². The normalized spacial score (nSPS) is 12.2. The number of nitrogens with zero attached hydrogens (tertiary/aromatic N) is 2. The molecule has 0 radical (unpaired) electrons. The van der Waals surface area contributed by atoms with Crippen LogP contribution < -0.4 is 16.8 Å². The standard InChI is InChI=1S/C26H18N4O2/c27-18-6-3-7-19(13-18)29-22-14-23(17-8-9-21-25(12-17)32-26(28)30-21)31-24-11-16-5-2-1-4-15(16)10-20(22)24/h1-14H,27H2,(H2,28,30). The Morgan fingerprint density at radius 1 is 0.719 bits per heavy atom. The monoisotopic (exact) mass is 418 g/mol. The number of hydrogen-bond donors (Lipinski definition) is 2. The zero-order valence-corrected chi connectivity index (χ0v) is 16.9. The van der Waals surface area contributed by atoms with E-state index in [-0.39, 0.29) is 6.01 Å². The summed E-state index contributed by atoms with van der Waals surface area (Å²) >= 11 is 0. The molecular weight excluding hydrogens is 400 g/mol. The third-order valence-corrected chi connectivity index (χ3v) is 5.42. The molecule has 0 fully saturated rings. The highest BCUT2D eigenvalue weighted by atomic mass is 16.4. The average molecular weight is 418 g/mol. The van der Waals surface area contributed by atoms with Gasteiger partial charge in [-0.05, 0) is 59.3 Å². The Bertz CT molecular complexity index is 1710. The molecule has 2 aromatic heterocycles. The van der Waals surface area contributed by atoms with Gasteiger partial charge in [-0.15, -0.1) is 0 Å². The Hall–Kier alpha value is -4.58. The lowest BCUT2D eigenvalue weighted by atomic mass is 10.1. The van der Waals surface area contributed by atoms with Crippen LogP contribution in [0, 0.1) is 0 Å². The SMILES string of the molecule is Nc1cccc(N=c2cc(-c3ccc4nc(N)oc4c3)oc3cc4ccccc4cc23)c1. The second-order valence-corrected chi connectivity index (χ2v) is 7.63. The number of benzene rings is 4. The first-order chi connectivity index (χ1) is 15.6. The summed E-state index contributed by atoms with van der Waals surface area (Å²) in [6.07, 6.45) is 0. The average Bonchev–Trinajstić information content (AvgIpc) is 3.17. The number of nitrogens with two attached hydrogens (primary N) is 2. The largest absolute Gasteiger partial charge is 0.456 e. The first-order valence-electron chi connectivity index (χ1n) is 10.2. The molecule has 0 bridgehead atoms. The van der Waals surface area contributed by atoms with Crippen LogP contribution in [0.4, 0.5) is 17.4 Å². The number of hydrogen-bond acceptors (Lipinski definition) is 6. The molecular formula is C26H18N4O2. The third kappa shape index (κ3) is 3.15. The predicted octanol–water partition coefficient (Wildman–Crippen LogP) is 5.79. The van der Waals surface area contributed by atoms with Crippen LogP contribution >= 0.6 is 0 Å². The molecule has 0 amide bonds. The fourth-order valence-electron chi connectivity index (χ4n) is 3.92. The smallest absolute Gasteiger partial charge is 0.292 e. The van der Waals surface area contributed by atoms with E-state index in [1.54, 1.807) is 0 Å². The van der Waals surface area contributed by atoms with Gasteiger partial charge in [-0.3, -0.25) is 0 Å². The van der Waals surface area contributed by atoms with E-state index in [4.69, 9.17) is 25.3 Å². The second kappa shape index (κ2) is 6.99. The molecule has 0 unspecified atom stereocenters. The lowest BCUT2D eigenvalue weighted by Crippen LogP contribution is -2.03. The first-order valence-corrected chi connectivity index (χ1v) is 10.2. The van der Waals surface area contributed by atoms with E-state index < -0.39 is 0 Å². The van der Waals surface area contributed by atoms with Crippen LogP contribution in [0.25, 0.3) is 44.2 Å². The molecule has 154 valence electrons. The van der Waals surface area contributed by atoms with Crippen molar-refractivity contribution in [3.8, 4) is 11.3 Å². The number of fused-ring (bicyclic) bond motifs is 3. The van der Waals surface area contributed by atoms with Crippen LogP contribution in [-0.4, -0.2) is 4.98 Å². The fourth-order valence-corrected chi connectivity index (χ4v) is 3.92. The lowest BCUT2D eigenvalue weighted by Gasteiger charge is -2.07. The number of nitrogen functional groups attached to an aromatic ring is 2. The number of aromatic nitrogens is 1. The fraction of sp³-hybridized carbons (Fsp3) is 0. The van der Waals surface area contributed by atoms with Gasteiger partial charge in [0, 0.05) is 22.7 Å². The van der Waals surface area contributed by atoms with E-state index in [0.717, 1.165) is 38.3 Å². The number of anilines is 2. The molecule has 6 aromatic rings.